The molecule has 0 bridgehead atoms. The van der Waals surface area contributed by atoms with Gasteiger partial charge in [0.1, 0.15) is 5.69 Å². The predicted molar refractivity (Wildman–Crippen MR) is 67.5 cm³/mol. The van der Waals surface area contributed by atoms with E-state index in [9.17, 15) is 14.3 Å². The van der Waals surface area contributed by atoms with Gasteiger partial charge in [-0.15, -0.1) is 0 Å². The van der Waals surface area contributed by atoms with E-state index < -0.39 is 15.7 Å². The van der Waals surface area contributed by atoms with Gasteiger partial charge in [0, 0.05) is 6.07 Å². The van der Waals surface area contributed by atoms with Crippen LogP contribution >= 0.6 is 0 Å². The number of nitro groups is 1. The SMILES string of the molecule is O=[N+]([O-])c1cccc2c1Nc1ccccc1S2=O. The highest BCUT2D eigenvalue weighted by molar-refractivity contribution is 7.85. The number of fused-ring (bicyclic) bond motifs is 2. The predicted octanol–water partition coefficient (Wildman–Crippen LogP) is 2.82. The Labute approximate surface area is 105 Å². The topological polar surface area (TPSA) is 72.2 Å². The van der Waals surface area contributed by atoms with Crippen molar-refractivity contribution in [3.63, 3.8) is 0 Å². The summed E-state index contributed by atoms with van der Waals surface area (Å²) in [6.07, 6.45) is 0. The Bertz CT molecular complexity index is 685. The molecule has 5 nitrogen and oxygen atoms in total. The zero-order chi connectivity index (χ0) is 12.7. The molecule has 2 aromatic carbocycles. The van der Waals surface area contributed by atoms with E-state index in [2.05, 4.69) is 5.32 Å². The standard InChI is InChI=1S/C12H8N2O3S/c15-14(16)9-5-3-7-11-12(9)13-8-4-1-2-6-10(8)18(11)17/h1-7,13H. The Balaban J connectivity index is 2.25. The maximum Gasteiger partial charge on any atom is 0.293 e. The zero-order valence-corrected chi connectivity index (χ0v) is 9.94. The average Bonchev–Trinajstić information content (AvgIpc) is 2.38. The minimum absolute atomic E-state index is 0.0599. The Morgan fingerprint density at radius 2 is 1.78 bits per heavy atom. The molecule has 1 unspecified atom stereocenters. The fourth-order valence-corrected chi connectivity index (χ4v) is 3.24. The lowest BCUT2D eigenvalue weighted by Gasteiger charge is -2.19. The minimum atomic E-state index is -1.38. The largest absolute Gasteiger partial charge is 0.348 e. The van der Waals surface area contributed by atoms with Crippen molar-refractivity contribution in [2.24, 2.45) is 0 Å². The number of nitrogens with one attached hydrogen (secondary N) is 1. The fourth-order valence-electron chi connectivity index (χ4n) is 1.94. The molecule has 0 amide bonds. The summed E-state index contributed by atoms with van der Waals surface area (Å²) < 4.78 is 12.3. The summed E-state index contributed by atoms with van der Waals surface area (Å²) in [6, 6.07) is 11.7. The second-order valence-electron chi connectivity index (χ2n) is 3.80. The summed E-state index contributed by atoms with van der Waals surface area (Å²) >= 11 is 0. The Morgan fingerprint density at radius 3 is 2.56 bits per heavy atom. The van der Waals surface area contributed by atoms with Gasteiger partial charge in [-0.05, 0) is 18.2 Å². The first-order chi connectivity index (χ1) is 8.68. The van der Waals surface area contributed by atoms with Crippen molar-refractivity contribution in [3.8, 4) is 0 Å². The number of para-hydroxylation sites is 2. The maximum atomic E-state index is 12.3. The van der Waals surface area contributed by atoms with Gasteiger partial charge in [-0.3, -0.25) is 10.1 Å². The third kappa shape index (κ3) is 1.50. The van der Waals surface area contributed by atoms with E-state index in [0.29, 0.717) is 21.2 Å². The molecule has 6 heteroatoms. The molecule has 0 fully saturated rings. The van der Waals surface area contributed by atoms with Gasteiger partial charge in [0.25, 0.3) is 5.69 Å². The van der Waals surface area contributed by atoms with Crippen LogP contribution in [0, 0.1) is 10.1 Å². The summed E-state index contributed by atoms with van der Waals surface area (Å²) in [5.41, 5.74) is 0.910. The molecule has 1 aliphatic heterocycles. The third-order valence-electron chi connectivity index (χ3n) is 2.75. The van der Waals surface area contributed by atoms with Crippen molar-refractivity contribution in [2.45, 2.75) is 9.79 Å². The lowest BCUT2D eigenvalue weighted by molar-refractivity contribution is -0.384. The van der Waals surface area contributed by atoms with E-state index in [0.717, 1.165) is 0 Å². The number of hydrogen-bond donors (Lipinski definition) is 1. The minimum Gasteiger partial charge on any atom is -0.348 e. The first-order valence-electron chi connectivity index (χ1n) is 5.24. The normalized spacial score (nSPS) is 16.3. The number of hydrogen-bond acceptors (Lipinski definition) is 4. The van der Waals surface area contributed by atoms with Crippen molar-refractivity contribution in [1.29, 1.82) is 0 Å². The molecular weight excluding hydrogens is 252 g/mol. The van der Waals surface area contributed by atoms with E-state index in [1.165, 1.54) is 6.07 Å². The van der Waals surface area contributed by atoms with E-state index in [1.54, 1.807) is 36.4 Å². The molecule has 1 heterocycles. The van der Waals surface area contributed by atoms with Gasteiger partial charge in [-0.1, -0.05) is 18.2 Å². The highest BCUT2D eigenvalue weighted by Crippen LogP contribution is 2.41. The van der Waals surface area contributed by atoms with Gasteiger partial charge >= 0.3 is 0 Å². The van der Waals surface area contributed by atoms with Crippen LogP contribution in [0.5, 0.6) is 0 Å². The molecule has 1 N–H and O–H groups in total. The molecule has 1 aliphatic rings. The van der Waals surface area contributed by atoms with Crippen LogP contribution in [0.4, 0.5) is 17.1 Å². The van der Waals surface area contributed by atoms with Crippen LogP contribution in [-0.4, -0.2) is 9.13 Å². The molecule has 90 valence electrons. The molecule has 0 spiro atoms. The van der Waals surface area contributed by atoms with Crippen LogP contribution in [0.2, 0.25) is 0 Å². The van der Waals surface area contributed by atoms with Crippen LogP contribution in [0.25, 0.3) is 0 Å². The van der Waals surface area contributed by atoms with Crippen LogP contribution in [0.15, 0.2) is 52.3 Å². The van der Waals surface area contributed by atoms with Gasteiger partial charge in [0.15, 0.2) is 0 Å². The molecule has 3 rings (SSSR count). The van der Waals surface area contributed by atoms with E-state index in [4.69, 9.17) is 0 Å². The Kier molecular flexibility index (Phi) is 2.38. The van der Waals surface area contributed by atoms with Crippen molar-refractivity contribution in [3.05, 3.63) is 52.6 Å². The number of nitro benzene ring substituents is 1. The molecular formula is C12H8N2O3S. The molecule has 0 saturated carbocycles. The summed E-state index contributed by atoms with van der Waals surface area (Å²) in [5, 5.41) is 13.9. The highest BCUT2D eigenvalue weighted by Gasteiger charge is 2.27. The molecule has 0 saturated heterocycles. The van der Waals surface area contributed by atoms with E-state index in [-0.39, 0.29) is 5.69 Å². The fraction of sp³-hybridized carbons (Fsp3) is 0. The van der Waals surface area contributed by atoms with Gasteiger partial charge in [-0.2, -0.15) is 0 Å². The summed E-state index contributed by atoms with van der Waals surface area (Å²) in [6.45, 7) is 0. The highest BCUT2D eigenvalue weighted by atomic mass is 32.2. The van der Waals surface area contributed by atoms with Gasteiger partial charge < -0.3 is 5.32 Å². The third-order valence-corrected chi connectivity index (χ3v) is 4.24. The number of anilines is 2. The average molecular weight is 260 g/mol. The Morgan fingerprint density at radius 1 is 1.06 bits per heavy atom. The van der Waals surface area contributed by atoms with Crippen molar-refractivity contribution >= 4 is 27.9 Å². The lowest BCUT2D eigenvalue weighted by atomic mass is 10.2. The number of rotatable bonds is 1. The van der Waals surface area contributed by atoms with Crippen LogP contribution in [-0.2, 0) is 10.8 Å². The molecule has 0 aliphatic carbocycles. The maximum absolute atomic E-state index is 12.3. The van der Waals surface area contributed by atoms with Gasteiger partial charge in [0.05, 0.1) is 31.2 Å². The summed E-state index contributed by atoms with van der Waals surface area (Å²) in [5.74, 6) is 0. The van der Waals surface area contributed by atoms with Crippen LogP contribution in [0.3, 0.4) is 0 Å². The monoisotopic (exact) mass is 260 g/mol. The van der Waals surface area contributed by atoms with Crippen molar-refractivity contribution < 1.29 is 9.13 Å². The zero-order valence-electron chi connectivity index (χ0n) is 9.12. The van der Waals surface area contributed by atoms with Crippen LogP contribution < -0.4 is 5.32 Å². The smallest absolute Gasteiger partial charge is 0.293 e. The van der Waals surface area contributed by atoms with Crippen molar-refractivity contribution in [1.82, 2.24) is 0 Å². The summed E-state index contributed by atoms with van der Waals surface area (Å²) in [4.78, 5) is 11.6. The first kappa shape index (κ1) is 10.9. The first-order valence-corrected chi connectivity index (χ1v) is 6.38. The summed E-state index contributed by atoms with van der Waals surface area (Å²) in [7, 11) is -1.38. The molecule has 1 atom stereocenters. The van der Waals surface area contributed by atoms with Gasteiger partial charge in [0.2, 0.25) is 0 Å². The molecule has 0 radical (unpaired) electrons. The Hall–Kier alpha value is -2.21. The van der Waals surface area contributed by atoms with Gasteiger partial charge in [-0.25, -0.2) is 4.21 Å². The molecule has 0 aromatic heterocycles. The quantitative estimate of drug-likeness (QED) is 0.539. The second-order valence-corrected chi connectivity index (χ2v) is 5.21. The molecule has 18 heavy (non-hydrogen) atoms. The molecule has 2 aromatic rings. The van der Waals surface area contributed by atoms with Crippen LogP contribution in [0.1, 0.15) is 0 Å². The lowest BCUT2D eigenvalue weighted by Crippen LogP contribution is -2.10. The van der Waals surface area contributed by atoms with E-state index in [1.807, 2.05) is 0 Å². The van der Waals surface area contributed by atoms with Crippen molar-refractivity contribution in [2.75, 3.05) is 5.32 Å². The second kappa shape index (κ2) is 3.92. The van der Waals surface area contributed by atoms with E-state index >= 15 is 0 Å². The number of benzene rings is 2. The number of nitrogens with zero attached hydrogens (tertiary/aromatic N) is 1.